The van der Waals surface area contributed by atoms with Crippen LogP contribution in [0.25, 0.3) is 10.9 Å². The quantitative estimate of drug-likeness (QED) is 0.701. The number of carbonyl (C=O) groups excluding carboxylic acids is 2. The zero-order chi connectivity index (χ0) is 17.8. The number of nitrogens with two attached hydrogens (primary N) is 1. The van der Waals surface area contributed by atoms with Crippen molar-refractivity contribution in [2.75, 3.05) is 0 Å². The maximum atomic E-state index is 12.7. The molecule has 0 aliphatic heterocycles. The number of ether oxygens (including phenoxy) is 1. The van der Waals surface area contributed by atoms with E-state index in [-0.39, 0.29) is 0 Å². The fourth-order valence-electron chi connectivity index (χ4n) is 2.93. The van der Waals surface area contributed by atoms with E-state index in [1.54, 1.807) is 30.3 Å². The number of aromatic nitrogens is 1. The number of esters is 1. The van der Waals surface area contributed by atoms with Gasteiger partial charge in [0, 0.05) is 23.0 Å². The molecule has 0 radical (unpaired) electrons. The Hall–Kier alpha value is -3.08. The topological polar surface area (TPSA) is 74.3 Å². The molecule has 128 valence electrons. The number of rotatable bonds is 6. The Balaban J connectivity index is 1.96. The van der Waals surface area contributed by atoms with Gasteiger partial charge in [-0.05, 0) is 18.6 Å². The zero-order valence-corrected chi connectivity index (χ0v) is 14.0. The van der Waals surface area contributed by atoms with Crippen LogP contribution < -0.4 is 5.73 Å². The summed E-state index contributed by atoms with van der Waals surface area (Å²) in [6.07, 6.45) is -0.238. The summed E-state index contributed by atoms with van der Waals surface area (Å²) < 4.78 is 7.38. The van der Waals surface area contributed by atoms with Crippen molar-refractivity contribution < 1.29 is 14.3 Å². The van der Waals surface area contributed by atoms with Crippen LogP contribution in [0.2, 0.25) is 0 Å². The second-order valence-corrected chi connectivity index (χ2v) is 5.84. The lowest BCUT2D eigenvalue weighted by molar-refractivity contribution is -0.127. The monoisotopic (exact) mass is 336 g/mol. The van der Waals surface area contributed by atoms with Crippen molar-refractivity contribution in [2.45, 2.75) is 26.0 Å². The number of benzene rings is 2. The number of hydrogen-bond donors (Lipinski definition) is 1. The number of carbonyl (C=O) groups is 2. The van der Waals surface area contributed by atoms with Crippen molar-refractivity contribution >= 4 is 22.8 Å². The molecule has 0 aliphatic carbocycles. The summed E-state index contributed by atoms with van der Waals surface area (Å²) in [4.78, 5) is 24.5. The number of hydrogen-bond acceptors (Lipinski definition) is 3. The smallest absolute Gasteiger partial charge is 0.356 e. The fourth-order valence-corrected chi connectivity index (χ4v) is 2.93. The molecular formula is C20H20N2O3. The SMILES string of the molecule is CCCn1c(C(=O)OC(C(N)=O)c2ccccc2)cc2ccccc21. The van der Waals surface area contributed by atoms with E-state index < -0.39 is 18.0 Å². The van der Waals surface area contributed by atoms with Gasteiger partial charge in [0.05, 0.1) is 0 Å². The van der Waals surface area contributed by atoms with Crippen molar-refractivity contribution in [1.29, 1.82) is 0 Å². The van der Waals surface area contributed by atoms with E-state index in [1.165, 1.54) is 0 Å². The molecule has 1 atom stereocenters. The van der Waals surface area contributed by atoms with E-state index in [0.717, 1.165) is 17.3 Å². The van der Waals surface area contributed by atoms with E-state index in [1.807, 2.05) is 41.8 Å². The average Bonchev–Trinajstić information content (AvgIpc) is 2.99. The van der Waals surface area contributed by atoms with Gasteiger partial charge in [0.2, 0.25) is 6.10 Å². The van der Waals surface area contributed by atoms with Crippen LogP contribution in [0.5, 0.6) is 0 Å². The Bertz CT molecular complexity index is 900. The maximum absolute atomic E-state index is 12.7. The summed E-state index contributed by atoms with van der Waals surface area (Å²) in [5.41, 5.74) is 7.39. The van der Waals surface area contributed by atoms with Gasteiger partial charge < -0.3 is 15.0 Å². The van der Waals surface area contributed by atoms with Crippen molar-refractivity contribution in [3.8, 4) is 0 Å². The predicted octanol–water partition coefficient (Wildman–Crippen LogP) is 3.43. The van der Waals surface area contributed by atoms with Crippen LogP contribution in [0.1, 0.15) is 35.5 Å². The van der Waals surface area contributed by atoms with Gasteiger partial charge in [0.1, 0.15) is 5.69 Å². The number of aryl methyl sites for hydroxylation is 1. The van der Waals surface area contributed by atoms with Gasteiger partial charge in [-0.1, -0.05) is 55.5 Å². The summed E-state index contributed by atoms with van der Waals surface area (Å²) in [5, 5.41) is 0.957. The minimum Gasteiger partial charge on any atom is -0.443 e. The van der Waals surface area contributed by atoms with Gasteiger partial charge in [0.15, 0.2) is 0 Å². The van der Waals surface area contributed by atoms with Gasteiger partial charge in [-0.2, -0.15) is 0 Å². The molecule has 5 heteroatoms. The van der Waals surface area contributed by atoms with Gasteiger partial charge >= 0.3 is 5.97 Å². The van der Waals surface area contributed by atoms with Gasteiger partial charge in [-0.25, -0.2) is 4.79 Å². The Labute approximate surface area is 146 Å². The molecule has 0 fully saturated rings. The largest absolute Gasteiger partial charge is 0.443 e. The van der Waals surface area contributed by atoms with Crippen LogP contribution in [0.4, 0.5) is 0 Å². The van der Waals surface area contributed by atoms with Gasteiger partial charge in [-0.15, -0.1) is 0 Å². The van der Waals surface area contributed by atoms with Crippen LogP contribution in [0.3, 0.4) is 0 Å². The van der Waals surface area contributed by atoms with Crippen molar-refractivity contribution in [3.05, 3.63) is 71.9 Å². The number of primary amides is 1. The molecule has 0 aliphatic rings. The van der Waals surface area contributed by atoms with E-state index in [9.17, 15) is 9.59 Å². The standard InChI is InChI=1S/C20H20N2O3/c1-2-12-22-16-11-7-6-10-15(16)13-17(22)20(24)25-18(19(21)23)14-8-4-3-5-9-14/h3-11,13,18H,2,12H2,1H3,(H2,21,23). The molecule has 5 nitrogen and oxygen atoms in total. The molecule has 0 spiro atoms. The first-order valence-electron chi connectivity index (χ1n) is 8.25. The highest BCUT2D eigenvalue weighted by Crippen LogP contribution is 2.24. The van der Waals surface area contributed by atoms with E-state index in [0.29, 0.717) is 17.8 Å². The molecule has 25 heavy (non-hydrogen) atoms. The van der Waals surface area contributed by atoms with E-state index >= 15 is 0 Å². The summed E-state index contributed by atoms with van der Waals surface area (Å²) in [6.45, 7) is 2.73. The molecule has 2 aromatic carbocycles. The maximum Gasteiger partial charge on any atom is 0.356 e. The van der Waals surface area contributed by atoms with Crippen LogP contribution in [0, 0.1) is 0 Å². The Morgan fingerprint density at radius 1 is 1.08 bits per heavy atom. The minimum atomic E-state index is -1.11. The lowest BCUT2D eigenvalue weighted by atomic mass is 10.1. The normalized spacial score (nSPS) is 12.0. The third kappa shape index (κ3) is 3.40. The predicted molar refractivity (Wildman–Crippen MR) is 96.0 cm³/mol. The van der Waals surface area contributed by atoms with E-state index in [2.05, 4.69) is 0 Å². The van der Waals surface area contributed by atoms with E-state index in [4.69, 9.17) is 10.5 Å². The molecule has 3 rings (SSSR count). The third-order valence-electron chi connectivity index (χ3n) is 4.05. The Morgan fingerprint density at radius 2 is 1.76 bits per heavy atom. The first-order chi connectivity index (χ1) is 12.1. The molecule has 0 saturated heterocycles. The molecule has 0 bridgehead atoms. The first-order valence-corrected chi connectivity index (χ1v) is 8.25. The highest BCUT2D eigenvalue weighted by molar-refractivity contribution is 5.97. The summed E-state index contributed by atoms with van der Waals surface area (Å²) in [7, 11) is 0. The highest BCUT2D eigenvalue weighted by atomic mass is 16.5. The summed E-state index contributed by atoms with van der Waals surface area (Å²) in [6, 6.07) is 18.3. The molecule has 1 amide bonds. The lowest BCUT2D eigenvalue weighted by Crippen LogP contribution is -2.27. The second kappa shape index (κ2) is 7.21. The Morgan fingerprint density at radius 3 is 2.44 bits per heavy atom. The molecule has 1 aromatic heterocycles. The number of nitrogens with zero attached hydrogens (tertiary/aromatic N) is 1. The number of para-hydroxylation sites is 1. The molecule has 1 unspecified atom stereocenters. The lowest BCUT2D eigenvalue weighted by Gasteiger charge is -2.16. The first kappa shape index (κ1) is 16.8. The molecule has 3 aromatic rings. The van der Waals surface area contributed by atoms with Crippen LogP contribution >= 0.6 is 0 Å². The fraction of sp³-hybridized carbons (Fsp3) is 0.200. The second-order valence-electron chi connectivity index (χ2n) is 5.84. The van der Waals surface area contributed by atoms with Gasteiger partial charge in [-0.3, -0.25) is 4.79 Å². The minimum absolute atomic E-state index is 0.422. The number of amides is 1. The van der Waals surface area contributed by atoms with Gasteiger partial charge in [0.25, 0.3) is 5.91 Å². The van der Waals surface area contributed by atoms with Crippen LogP contribution in [-0.2, 0) is 16.1 Å². The number of fused-ring (bicyclic) bond motifs is 1. The summed E-state index contributed by atoms with van der Waals surface area (Å²) >= 11 is 0. The van der Waals surface area contributed by atoms with Crippen molar-refractivity contribution in [2.24, 2.45) is 5.73 Å². The summed E-state index contributed by atoms with van der Waals surface area (Å²) in [5.74, 6) is -1.25. The molecule has 1 heterocycles. The molecular weight excluding hydrogens is 316 g/mol. The highest BCUT2D eigenvalue weighted by Gasteiger charge is 2.25. The Kier molecular flexibility index (Phi) is 4.84. The van der Waals surface area contributed by atoms with Crippen molar-refractivity contribution in [1.82, 2.24) is 4.57 Å². The zero-order valence-electron chi connectivity index (χ0n) is 14.0. The van der Waals surface area contributed by atoms with Crippen molar-refractivity contribution in [3.63, 3.8) is 0 Å². The van der Waals surface area contributed by atoms with Crippen LogP contribution in [-0.4, -0.2) is 16.4 Å². The average molecular weight is 336 g/mol. The molecule has 2 N–H and O–H groups in total. The molecule has 0 saturated carbocycles. The third-order valence-corrected chi connectivity index (χ3v) is 4.05. The van der Waals surface area contributed by atoms with Crippen LogP contribution in [0.15, 0.2) is 60.7 Å².